The van der Waals surface area contributed by atoms with E-state index in [1.165, 1.54) is 0 Å². The standard InChI is InChI=1S/C9H9N3OS/c1-5-2-3-14-7(5)4-6-8(13)12-9(10)11-6/h2-4H,1H3,(H3,10,11,12,13)/b6-4-. The molecule has 1 aliphatic rings. The van der Waals surface area contributed by atoms with Crippen molar-refractivity contribution < 1.29 is 4.79 Å². The fraction of sp³-hybridized carbons (Fsp3) is 0.111. The highest BCUT2D eigenvalue weighted by Crippen LogP contribution is 2.20. The average molecular weight is 207 g/mol. The third-order valence-electron chi connectivity index (χ3n) is 1.88. The maximum atomic E-state index is 11.3. The molecule has 72 valence electrons. The molecule has 0 spiro atoms. The van der Waals surface area contributed by atoms with Gasteiger partial charge in [0.15, 0.2) is 0 Å². The van der Waals surface area contributed by atoms with Gasteiger partial charge in [-0.3, -0.25) is 10.1 Å². The molecule has 2 heterocycles. The van der Waals surface area contributed by atoms with Gasteiger partial charge in [-0.2, -0.15) is 0 Å². The van der Waals surface area contributed by atoms with Gasteiger partial charge in [-0.15, -0.1) is 11.3 Å². The predicted molar refractivity (Wildman–Crippen MR) is 56.8 cm³/mol. The van der Waals surface area contributed by atoms with Gasteiger partial charge in [0.05, 0.1) is 0 Å². The van der Waals surface area contributed by atoms with E-state index < -0.39 is 0 Å². The van der Waals surface area contributed by atoms with Gasteiger partial charge in [-0.05, 0) is 30.0 Å². The van der Waals surface area contributed by atoms with Crippen molar-refractivity contribution in [2.45, 2.75) is 6.92 Å². The highest BCUT2D eigenvalue weighted by Gasteiger charge is 2.17. The fourth-order valence-electron chi connectivity index (χ4n) is 1.14. The van der Waals surface area contributed by atoms with Crippen LogP contribution in [0.15, 0.2) is 22.1 Å². The van der Waals surface area contributed by atoms with E-state index in [-0.39, 0.29) is 11.9 Å². The number of hydrogen-bond acceptors (Lipinski definition) is 4. The van der Waals surface area contributed by atoms with Crippen molar-refractivity contribution in [2.24, 2.45) is 10.7 Å². The lowest BCUT2D eigenvalue weighted by molar-refractivity contribution is -0.115. The topological polar surface area (TPSA) is 67.5 Å². The first-order valence-electron chi connectivity index (χ1n) is 4.08. The Kier molecular flexibility index (Phi) is 2.09. The maximum absolute atomic E-state index is 11.3. The van der Waals surface area contributed by atoms with Crippen LogP contribution in [0.5, 0.6) is 0 Å². The van der Waals surface area contributed by atoms with E-state index >= 15 is 0 Å². The maximum Gasteiger partial charge on any atom is 0.276 e. The summed E-state index contributed by atoms with van der Waals surface area (Å²) in [6, 6.07) is 2.00. The zero-order chi connectivity index (χ0) is 10.1. The number of nitrogens with one attached hydrogen (secondary N) is 1. The summed E-state index contributed by atoms with van der Waals surface area (Å²) < 4.78 is 0. The van der Waals surface area contributed by atoms with Crippen LogP contribution in [-0.2, 0) is 4.79 Å². The Morgan fingerprint density at radius 3 is 2.93 bits per heavy atom. The van der Waals surface area contributed by atoms with Crippen molar-refractivity contribution in [2.75, 3.05) is 0 Å². The Balaban J connectivity index is 2.36. The number of rotatable bonds is 1. The van der Waals surface area contributed by atoms with Crippen molar-refractivity contribution in [1.82, 2.24) is 5.32 Å². The van der Waals surface area contributed by atoms with Gasteiger partial charge in [-0.25, -0.2) is 4.99 Å². The summed E-state index contributed by atoms with van der Waals surface area (Å²) >= 11 is 1.57. The molecule has 14 heavy (non-hydrogen) atoms. The molecule has 1 amide bonds. The van der Waals surface area contributed by atoms with Gasteiger partial charge >= 0.3 is 0 Å². The Morgan fingerprint density at radius 2 is 2.43 bits per heavy atom. The van der Waals surface area contributed by atoms with Gasteiger partial charge in [0.2, 0.25) is 5.96 Å². The summed E-state index contributed by atoms with van der Waals surface area (Å²) in [5.41, 5.74) is 6.87. The lowest BCUT2D eigenvalue weighted by atomic mass is 10.2. The van der Waals surface area contributed by atoms with Crippen LogP contribution >= 0.6 is 11.3 Å². The van der Waals surface area contributed by atoms with Crippen LogP contribution in [0.25, 0.3) is 6.08 Å². The van der Waals surface area contributed by atoms with Crippen LogP contribution in [0.4, 0.5) is 0 Å². The molecule has 3 N–H and O–H groups in total. The second kappa shape index (κ2) is 3.26. The first-order valence-corrected chi connectivity index (χ1v) is 4.96. The van der Waals surface area contributed by atoms with Crippen LogP contribution in [0, 0.1) is 6.92 Å². The molecule has 5 heteroatoms. The zero-order valence-corrected chi connectivity index (χ0v) is 8.39. The third kappa shape index (κ3) is 1.54. The Labute approximate surface area is 85.1 Å². The Hall–Kier alpha value is -1.62. The minimum atomic E-state index is -0.240. The van der Waals surface area contributed by atoms with E-state index in [0.29, 0.717) is 5.70 Å². The minimum Gasteiger partial charge on any atom is -0.369 e. The van der Waals surface area contributed by atoms with E-state index in [2.05, 4.69) is 10.3 Å². The minimum absolute atomic E-state index is 0.162. The fourth-order valence-corrected chi connectivity index (χ4v) is 2.00. The largest absolute Gasteiger partial charge is 0.369 e. The number of carbonyl (C=O) groups is 1. The van der Waals surface area contributed by atoms with Gasteiger partial charge in [-0.1, -0.05) is 0 Å². The molecule has 1 aliphatic heterocycles. The van der Waals surface area contributed by atoms with Crippen LogP contribution < -0.4 is 11.1 Å². The average Bonchev–Trinajstić information content (AvgIpc) is 2.62. The molecule has 0 radical (unpaired) electrons. The third-order valence-corrected chi connectivity index (χ3v) is 2.85. The zero-order valence-electron chi connectivity index (χ0n) is 7.57. The van der Waals surface area contributed by atoms with Crippen molar-refractivity contribution in [3.05, 3.63) is 27.6 Å². The monoisotopic (exact) mass is 207 g/mol. The molecule has 0 bridgehead atoms. The van der Waals surface area contributed by atoms with Crippen LogP contribution in [0.2, 0.25) is 0 Å². The van der Waals surface area contributed by atoms with E-state index in [9.17, 15) is 4.79 Å². The quantitative estimate of drug-likeness (QED) is 0.670. The number of hydrogen-bond donors (Lipinski definition) is 2. The number of aliphatic imine (C=N–C) groups is 1. The second-order valence-electron chi connectivity index (χ2n) is 2.95. The normalized spacial score (nSPS) is 18.5. The first kappa shape index (κ1) is 8.96. The highest BCUT2D eigenvalue weighted by molar-refractivity contribution is 7.11. The second-order valence-corrected chi connectivity index (χ2v) is 3.90. The molecular formula is C9H9N3OS. The summed E-state index contributed by atoms with van der Waals surface area (Å²) in [7, 11) is 0. The van der Waals surface area contributed by atoms with Crippen LogP contribution in [0.3, 0.4) is 0 Å². The highest BCUT2D eigenvalue weighted by atomic mass is 32.1. The van der Waals surface area contributed by atoms with Gasteiger partial charge in [0.1, 0.15) is 5.70 Å². The van der Waals surface area contributed by atoms with Crippen molar-refractivity contribution >= 4 is 29.3 Å². The summed E-state index contributed by atoms with van der Waals surface area (Å²) in [6.07, 6.45) is 1.75. The number of carbonyl (C=O) groups excluding carboxylic acids is 1. The van der Waals surface area contributed by atoms with Gasteiger partial charge in [0.25, 0.3) is 5.91 Å². The number of guanidine groups is 1. The number of nitrogens with zero attached hydrogens (tertiary/aromatic N) is 1. The van der Waals surface area contributed by atoms with Gasteiger partial charge < -0.3 is 5.73 Å². The predicted octanol–water partition coefficient (Wildman–Crippen LogP) is 0.842. The van der Waals surface area contributed by atoms with Crippen molar-refractivity contribution in [1.29, 1.82) is 0 Å². The van der Waals surface area contributed by atoms with Gasteiger partial charge in [0, 0.05) is 4.88 Å². The van der Waals surface area contributed by atoms with E-state index in [0.717, 1.165) is 10.4 Å². The molecule has 0 aliphatic carbocycles. The van der Waals surface area contributed by atoms with Crippen molar-refractivity contribution in [3.8, 4) is 0 Å². The van der Waals surface area contributed by atoms with E-state index in [1.807, 2.05) is 18.4 Å². The lowest BCUT2D eigenvalue weighted by Gasteiger charge is -1.91. The lowest BCUT2D eigenvalue weighted by Crippen LogP contribution is -2.30. The first-order chi connectivity index (χ1) is 6.66. The van der Waals surface area contributed by atoms with Crippen LogP contribution in [0.1, 0.15) is 10.4 Å². The van der Waals surface area contributed by atoms with E-state index in [4.69, 9.17) is 5.73 Å². The molecule has 0 saturated carbocycles. The molecule has 0 saturated heterocycles. The summed E-state index contributed by atoms with van der Waals surface area (Å²) in [5, 5.41) is 4.40. The summed E-state index contributed by atoms with van der Waals surface area (Å²) in [5.74, 6) is -0.0780. The smallest absolute Gasteiger partial charge is 0.276 e. The molecule has 4 nitrogen and oxygen atoms in total. The molecule has 1 aromatic heterocycles. The molecule has 0 aromatic carbocycles. The molecule has 0 atom stereocenters. The Morgan fingerprint density at radius 1 is 1.64 bits per heavy atom. The molecule has 0 unspecified atom stereocenters. The van der Waals surface area contributed by atoms with Crippen LogP contribution in [-0.4, -0.2) is 11.9 Å². The number of amides is 1. The van der Waals surface area contributed by atoms with Crippen molar-refractivity contribution in [3.63, 3.8) is 0 Å². The number of aryl methyl sites for hydroxylation is 1. The molecule has 2 rings (SSSR count). The molecule has 1 aromatic rings. The SMILES string of the molecule is Cc1ccsc1/C=C1\N=C(N)NC1=O. The summed E-state index contributed by atoms with van der Waals surface area (Å²) in [6.45, 7) is 1.99. The summed E-state index contributed by atoms with van der Waals surface area (Å²) in [4.78, 5) is 16.2. The number of nitrogens with two attached hydrogens (primary N) is 1. The number of thiophene rings is 1. The molecule has 0 fully saturated rings. The van der Waals surface area contributed by atoms with E-state index in [1.54, 1.807) is 17.4 Å². The Bertz CT molecular complexity index is 445. The molecular weight excluding hydrogens is 198 g/mol.